The molecule has 1 fully saturated rings. The standard InChI is InChI=1S/C19H20N2O4/c22-18(20-13-17-7-4-12-24-17)19(23)21-14-8-10-16(11-9-14)25-15-5-2-1-3-6-15/h1-3,5-6,8-11,17H,4,7,12-13H2,(H,20,22)(H,21,23)/t17-/m0/s1. The van der Waals surface area contributed by atoms with Crippen LogP contribution in [0.2, 0.25) is 0 Å². The molecule has 0 radical (unpaired) electrons. The molecule has 2 aromatic carbocycles. The summed E-state index contributed by atoms with van der Waals surface area (Å²) in [6.07, 6.45) is 1.90. The van der Waals surface area contributed by atoms with Gasteiger partial charge in [0.2, 0.25) is 0 Å². The number of nitrogens with one attached hydrogen (secondary N) is 2. The molecule has 1 heterocycles. The van der Waals surface area contributed by atoms with Gasteiger partial charge < -0.3 is 20.1 Å². The molecule has 0 unspecified atom stereocenters. The van der Waals surface area contributed by atoms with Crippen molar-refractivity contribution in [3.8, 4) is 11.5 Å². The summed E-state index contributed by atoms with van der Waals surface area (Å²) < 4.78 is 11.1. The second-order valence-electron chi connectivity index (χ2n) is 5.74. The molecular weight excluding hydrogens is 320 g/mol. The number of carbonyl (C=O) groups excluding carboxylic acids is 2. The van der Waals surface area contributed by atoms with Crippen molar-refractivity contribution >= 4 is 17.5 Å². The minimum absolute atomic E-state index is 0.00571. The highest BCUT2D eigenvalue weighted by Crippen LogP contribution is 2.22. The Balaban J connectivity index is 1.48. The van der Waals surface area contributed by atoms with Gasteiger partial charge in [0.05, 0.1) is 6.10 Å². The smallest absolute Gasteiger partial charge is 0.313 e. The zero-order valence-corrected chi connectivity index (χ0v) is 13.7. The Bertz CT molecular complexity index is 710. The van der Waals surface area contributed by atoms with Gasteiger partial charge in [0.15, 0.2) is 0 Å². The van der Waals surface area contributed by atoms with Gasteiger partial charge in [-0.15, -0.1) is 0 Å². The molecular formula is C19H20N2O4. The van der Waals surface area contributed by atoms with Gasteiger partial charge >= 0.3 is 11.8 Å². The van der Waals surface area contributed by atoms with Crippen LogP contribution in [0.4, 0.5) is 5.69 Å². The van der Waals surface area contributed by atoms with Crippen LogP contribution in [0.3, 0.4) is 0 Å². The lowest BCUT2D eigenvalue weighted by atomic mass is 10.2. The van der Waals surface area contributed by atoms with Gasteiger partial charge in [-0.3, -0.25) is 9.59 Å². The Labute approximate surface area is 146 Å². The first-order valence-electron chi connectivity index (χ1n) is 8.24. The molecule has 0 spiro atoms. The third-order valence-electron chi connectivity index (χ3n) is 3.81. The van der Waals surface area contributed by atoms with Gasteiger partial charge in [0.25, 0.3) is 0 Å². The van der Waals surface area contributed by atoms with Crippen molar-refractivity contribution in [3.05, 3.63) is 54.6 Å². The molecule has 130 valence electrons. The second kappa shape index (κ2) is 8.30. The topological polar surface area (TPSA) is 76.7 Å². The van der Waals surface area contributed by atoms with E-state index in [1.54, 1.807) is 24.3 Å². The molecule has 1 atom stereocenters. The number of hydrogen-bond donors (Lipinski definition) is 2. The lowest BCUT2D eigenvalue weighted by Gasteiger charge is -2.11. The van der Waals surface area contributed by atoms with Gasteiger partial charge in [-0.2, -0.15) is 0 Å². The van der Waals surface area contributed by atoms with E-state index >= 15 is 0 Å². The fraction of sp³-hybridized carbons (Fsp3) is 0.263. The monoisotopic (exact) mass is 340 g/mol. The molecule has 0 saturated carbocycles. The zero-order chi connectivity index (χ0) is 17.5. The fourth-order valence-corrected chi connectivity index (χ4v) is 2.51. The van der Waals surface area contributed by atoms with E-state index in [9.17, 15) is 9.59 Å². The van der Waals surface area contributed by atoms with E-state index in [1.807, 2.05) is 30.3 Å². The molecule has 1 saturated heterocycles. The van der Waals surface area contributed by atoms with E-state index in [4.69, 9.17) is 9.47 Å². The summed E-state index contributed by atoms with van der Waals surface area (Å²) in [6, 6.07) is 16.2. The fourth-order valence-electron chi connectivity index (χ4n) is 2.51. The Morgan fingerprint density at radius 1 is 1.00 bits per heavy atom. The number of hydrogen-bond acceptors (Lipinski definition) is 4. The van der Waals surface area contributed by atoms with Crippen LogP contribution in [0, 0.1) is 0 Å². The van der Waals surface area contributed by atoms with Gasteiger partial charge in [-0.05, 0) is 49.2 Å². The average Bonchev–Trinajstić information content (AvgIpc) is 3.16. The summed E-state index contributed by atoms with van der Waals surface area (Å²) in [5.41, 5.74) is 0.526. The third-order valence-corrected chi connectivity index (χ3v) is 3.81. The first kappa shape index (κ1) is 17.0. The average molecular weight is 340 g/mol. The molecule has 1 aliphatic rings. The van der Waals surface area contributed by atoms with Crippen molar-refractivity contribution < 1.29 is 19.1 Å². The minimum atomic E-state index is -0.699. The summed E-state index contributed by atoms with van der Waals surface area (Å²) in [4.78, 5) is 23.7. The van der Waals surface area contributed by atoms with Gasteiger partial charge in [0.1, 0.15) is 11.5 Å². The highest BCUT2D eigenvalue weighted by Gasteiger charge is 2.19. The maximum atomic E-state index is 11.9. The molecule has 1 aliphatic heterocycles. The largest absolute Gasteiger partial charge is 0.457 e. The van der Waals surface area contributed by atoms with Gasteiger partial charge in [0, 0.05) is 18.8 Å². The molecule has 6 nitrogen and oxygen atoms in total. The molecule has 2 amide bonds. The first-order chi connectivity index (χ1) is 12.2. The maximum Gasteiger partial charge on any atom is 0.313 e. The number of amides is 2. The molecule has 0 aromatic heterocycles. The molecule has 25 heavy (non-hydrogen) atoms. The lowest BCUT2D eigenvalue weighted by Crippen LogP contribution is -2.39. The van der Waals surface area contributed by atoms with Crippen LogP contribution in [-0.4, -0.2) is 31.1 Å². The lowest BCUT2D eigenvalue weighted by molar-refractivity contribution is -0.136. The van der Waals surface area contributed by atoms with Crippen molar-refractivity contribution in [2.24, 2.45) is 0 Å². The Kier molecular flexibility index (Phi) is 5.64. The Hall–Kier alpha value is -2.86. The van der Waals surface area contributed by atoms with E-state index in [0.29, 0.717) is 24.6 Å². The third kappa shape index (κ3) is 5.06. The quantitative estimate of drug-likeness (QED) is 0.821. The molecule has 2 aromatic rings. The number of ether oxygens (including phenoxy) is 2. The van der Waals surface area contributed by atoms with Crippen LogP contribution in [0.5, 0.6) is 11.5 Å². The van der Waals surface area contributed by atoms with Crippen LogP contribution in [0.1, 0.15) is 12.8 Å². The van der Waals surface area contributed by atoms with Crippen molar-refractivity contribution in [2.75, 3.05) is 18.5 Å². The number of carbonyl (C=O) groups is 2. The van der Waals surface area contributed by atoms with Crippen LogP contribution >= 0.6 is 0 Å². The SMILES string of the molecule is O=C(NC[C@@H]1CCCO1)C(=O)Nc1ccc(Oc2ccccc2)cc1. The number of benzene rings is 2. The van der Waals surface area contributed by atoms with Gasteiger partial charge in [-0.1, -0.05) is 18.2 Å². The molecule has 3 rings (SSSR count). The van der Waals surface area contributed by atoms with Crippen LogP contribution < -0.4 is 15.4 Å². The summed E-state index contributed by atoms with van der Waals surface area (Å²) in [6.45, 7) is 1.07. The van der Waals surface area contributed by atoms with E-state index < -0.39 is 11.8 Å². The summed E-state index contributed by atoms with van der Waals surface area (Å²) in [5, 5.41) is 5.15. The molecule has 0 aliphatic carbocycles. The van der Waals surface area contributed by atoms with Crippen molar-refractivity contribution in [2.45, 2.75) is 18.9 Å². The highest BCUT2D eigenvalue weighted by atomic mass is 16.5. The van der Waals surface area contributed by atoms with E-state index in [2.05, 4.69) is 10.6 Å². The van der Waals surface area contributed by atoms with E-state index in [0.717, 1.165) is 18.6 Å². The van der Waals surface area contributed by atoms with Crippen LogP contribution in [-0.2, 0) is 14.3 Å². The predicted octanol–water partition coefficient (Wildman–Crippen LogP) is 2.71. The summed E-state index contributed by atoms with van der Waals surface area (Å²) in [7, 11) is 0. The predicted molar refractivity (Wildman–Crippen MR) is 93.6 cm³/mol. The summed E-state index contributed by atoms with van der Waals surface area (Å²) in [5.74, 6) is 0.00895. The Morgan fingerprint density at radius 2 is 1.72 bits per heavy atom. The second-order valence-corrected chi connectivity index (χ2v) is 5.74. The van der Waals surface area contributed by atoms with Crippen LogP contribution in [0.25, 0.3) is 0 Å². The minimum Gasteiger partial charge on any atom is -0.457 e. The molecule has 0 bridgehead atoms. The summed E-state index contributed by atoms with van der Waals surface area (Å²) >= 11 is 0. The Morgan fingerprint density at radius 3 is 2.40 bits per heavy atom. The first-order valence-corrected chi connectivity index (χ1v) is 8.24. The number of para-hydroxylation sites is 1. The van der Waals surface area contributed by atoms with Crippen molar-refractivity contribution in [1.29, 1.82) is 0 Å². The molecule has 2 N–H and O–H groups in total. The van der Waals surface area contributed by atoms with Crippen molar-refractivity contribution in [1.82, 2.24) is 5.32 Å². The normalized spacial score (nSPS) is 16.2. The number of rotatable bonds is 5. The number of anilines is 1. The van der Waals surface area contributed by atoms with Crippen LogP contribution in [0.15, 0.2) is 54.6 Å². The highest BCUT2D eigenvalue weighted by molar-refractivity contribution is 6.39. The van der Waals surface area contributed by atoms with E-state index in [1.165, 1.54) is 0 Å². The van der Waals surface area contributed by atoms with E-state index in [-0.39, 0.29) is 6.10 Å². The van der Waals surface area contributed by atoms with Gasteiger partial charge in [-0.25, -0.2) is 0 Å². The zero-order valence-electron chi connectivity index (χ0n) is 13.7. The van der Waals surface area contributed by atoms with Crippen molar-refractivity contribution in [3.63, 3.8) is 0 Å². The molecule has 6 heteroatoms. The maximum absolute atomic E-state index is 11.9.